The van der Waals surface area contributed by atoms with Gasteiger partial charge in [-0.3, -0.25) is 10.1 Å². The normalized spacial score (nSPS) is 17.3. The van der Waals surface area contributed by atoms with E-state index in [0.717, 1.165) is 57.4 Å². The molecule has 1 aromatic heterocycles. The molecule has 0 atom stereocenters. The Morgan fingerprint density at radius 2 is 1.40 bits per heavy atom. The summed E-state index contributed by atoms with van der Waals surface area (Å²) in [6, 6.07) is 6.20. The third kappa shape index (κ3) is 5.00. The van der Waals surface area contributed by atoms with E-state index in [0.29, 0.717) is 17.8 Å². The van der Waals surface area contributed by atoms with Crippen molar-refractivity contribution in [1.29, 1.82) is 0 Å². The van der Waals surface area contributed by atoms with Gasteiger partial charge in [-0.1, -0.05) is 0 Å². The molecule has 0 saturated carbocycles. The first-order valence-electron chi connectivity index (χ1n) is 10.5. The van der Waals surface area contributed by atoms with Crippen molar-refractivity contribution in [2.75, 3.05) is 41.4 Å². The third-order valence-corrected chi connectivity index (χ3v) is 5.37. The zero-order valence-corrected chi connectivity index (χ0v) is 16.9. The number of nitrogens with zero attached hydrogens (tertiary/aromatic N) is 7. The summed E-state index contributed by atoms with van der Waals surface area (Å²) in [4.78, 5) is 28.7. The molecule has 2 aliphatic heterocycles. The van der Waals surface area contributed by atoms with Gasteiger partial charge in [-0.2, -0.15) is 20.1 Å². The Bertz CT molecular complexity index is 854. The molecule has 3 heterocycles. The second-order valence-corrected chi connectivity index (χ2v) is 7.57. The second-order valence-electron chi connectivity index (χ2n) is 7.57. The number of nitro benzene ring substituents is 1. The number of rotatable bonds is 6. The highest BCUT2D eigenvalue weighted by Gasteiger charge is 2.20. The zero-order chi connectivity index (χ0) is 20.8. The average molecular weight is 410 g/mol. The summed E-state index contributed by atoms with van der Waals surface area (Å²) >= 11 is 0. The van der Waals surface area contributed by atoms with Crippen LogP contribution in [0.5, 0.6) is 0 Å². The van der Waals surface area contributed by atoms with Crippen molar-refractivity contribution in [3.05, 3.63) is 39.9 Å². The lowest BCUT2D eigenvalue weighted by Crippen LogP contribution is -2.34. The van der Waals surface area contributed by atoms with E-state index in [2.05, 4.69) is 30.3 Å². The number of hydrogen-bond acceptors (Lipinski definition) is 9. The van der Waals surface area contributed by atoms with Crippen molar-refractivity contribution in [3.8, 4) is 0 Å². The molecule has 2 aliphatic rings. The van der Waals surface area contributed by atoms with Gasteiger partial charge < -0.3 is 9.80 Å². The molecule has 158 valence electrons. The number of nitrogens with one attached hydrogen (secondary N) is 1. The van der Waals surface area contributed by atoms with E-state index in [9.17, 15) is 10.1 Å². The Morgan fingerprint density at radius 3 is 1.90 bits per heavy atom. The first kappa shape index (κ1) is 20.0. The lowest BCUT2D eigenvalue weighted by Gasteiger charge is -2.30. The van der Waals surface area contributed by atoms with Crippen LogP contribution in [0.2, 0.25) is 0 Å². The van der Waals surface area contributed by atoms with Crippen LogP contribution in [0.1, 0.15) is 44.1 Å². The van der Waals surface area contributed by atoms with Gasteiger partial charge in [0.05, 0.1) is 11.1 Å². The van der Waals surface area contributed by atoms with Crippen LogP contribution in [0.25, 0.3) is 0 Å². The van der Waals surface area contributed by atoms with Gasteiger partial charge in [0.2, 0.25) is 17.8 Å². The number of non-ortho nitro benzene ring substituents is 1. The van der Waals surface area contributed by atoms with Gasteiger partial charge in [-0.05, 0) is 56.2 Å². The first-order chi connectivity index (χ1) is 14.7. The predicted molar refractivity (Wildman–Crippen MR) is 116 cm³/mol. The van der Waals surface area contributed by atoms with E-state index in [1.807, 2.05) is 0 Å². The number of piperidine rings is 2. The van der Waals surface area contributed by atoms with Gasteiger partial charge in [0, 0.05) is 38.3 Å². The maximum Gasteiger partial charge on any atom is 0.269 e. The number of aromatic nitrogens is 3. The van der Waals surface area contributed by atoms with Crippen molar-refractivity contribution < 1.29 is 4.92 Å². The summed E-state index contributed by atoms with van der Waals surface area (Å²) in [5.74, 6) is 1.79. The van der Waals surface area contributed by atoms with Crippen molar-refractivity contribution in [2.24, 2.45) is 5.10 Å². The molecular formula is C20H26N8O2. The highest BCUT2D eigenvalue weighted by atomic mass is 16.6. The summed E-state index contributed by atoms with van der Waals surface area (Å²) in [5, 5.41) is 15.0. The van der Waals surface area contributed by atoms with Crippen LogP contribution >= 0.6 is 0 Å². The SMILES string of the molecule is O=[N+]([O-])c1ccc(C=NNc2nc(N3CCCCC3)nc(N3CCCCC3)n2)cc1. The maximum atomic E-state index is 10.8. The molecule has 2 fully saturated rings. The van der Waals surface area contributed by atoms with Crippen molar-refractivity contribution in [1.82, 2.24) is 15.0 Å². The molecule has 10 heteroatoms. The van der Waals surface area contributed by atoms with Gasteiger partial charge in [0.25, 0.3) is 5.69 Å². The Hall–Kier alpha value is -3.30. The zero-order valence-electron chi connectivity index (χ0n) is 16.9. The Morgan fingerprint density at radius 1 is 0.867 bits per heavy atom. The molecule has 30 heavy (non-hydrogen) atoms. The molecule has 0 spiro atoms. The average Bonchev–Trinajstić information content (AvgIpc) is 2.80. The molecule has 0 radical (unpaired) electrons. The molecule has 2 aromatic rings. The lowest BCUT2D eigenvalue weighted by atomic mass is 10.1. The van der Waals surface area contributed by atoms with Crippen molar-refractivity contribution in [3.63, 3.8) is 0 Å². The van der Waals surface area contributed by atoms with Crippen LogP contribution in [0.4, 0.5) is 23.5 Å². The minimum atomic E-state index is -0.422. The van der Waals surface area contributed by atoms with Gasteiger partial charge in [-0.15, -0.1) is 0 Å². The minimum absolute atomic E-state index is 0.0509. The Labute approximate surface area is 175 Å². The number of benzene rings is 1. The largest absolute Gasteiger partial charge is 0.341 e. The summed E-state index contributed by atoms with van der Waals surface area (Å²) in [6.45, 7) is 3.81. The van der Waals surface area contributed by atoms with Crippen LogP contribution in [-0.2, 0) is 0 Å². The molecule has 0 aliphatic carbocycles. The van der Waals surface area contributed by atoms with Crippen LogP contribution in [0.3, 0.4) is 0 Å². The van der Waals surface area contributed by atoms with E-state index >= 15 is 0 Å². The van der Waals surface area contributed by atoms with E-state index < -0.39 is 4.92 Å². The molecule has 0 amide bonds. The van der Waals surface area contributed by atoms with E-state index in [1.54, 1.807) is 18.3 Å². The van der Waals surface area contributed by atoms with E-state index in [4.69, 9.17) is 4.98 Å². The van der Waals surface area contributed by atoms with E-state index in [1.165, 1.54) is 25.0 Å². The van der Waals surface area contributed by atoms with Crippen LogP contribution in [0, 0.1) is 10.1 Å². The van der Waals surface area contributed by atoms with Crippen molar-refractivity contribution in [2.45, 2.75) is 38.5 Å². The Balaban J connectivity index is 1.52. The summed E-state index contributed by atoms with van der Waals surface area (Å²) in [6.07, 6.45) is 8.65. The number of anilines is 3. The molecule has 1 aromatic carbocycles. The van der Waals surface area contributed by atoms with Crippen LogP contribution < -0.4 is 15.2 Å². The smallest absolute Gasteiger partial charge is 0.269 e. The molecule has 0 unspecified atom stereocenters. The van der Waals surface area contributed by atoms with Gasteiger partial charge in [-0.25, -0.2) is 5.43 Å². The molecule has 2 saturated heterocycles. The minimum Gasteiger partial charge on any atom is -0.341 e. The second kappa shape index (κ2) is 9.47. The number of hydrogen-bond donors (Lipinski definition) is 1. The highest BCUT2D eigenvalue weighted by molar-refractivity contribution is 5.80. The number of nitro groups is 1. The fourth-order valence-electron chi connectivity index (χ4n) is 3.72. The molecular weight excluding hydrogens is 384 g/mol. The van der Waals surface area contributed by atoms with Crippen LogP contribution in [0.15, 0.2) is 29.4 Å². The molecule has 10 nitrogen and oxygen atoms in total. The van der Waals surface area contributed by atoms with Crippen molar-refractivity contribution >= 4 is 29.7 Å². The summed E-state index contributed by atoms with van der Waals surface area (Å²) < 4.78 is 0. The number of hydrazone groups is 1. The first-order valence-corrected chi connectivity index (χ1v) is 10.5. The molecule has 1 N–H and O–H groups in total. The topological polar surface area (TPSA) is 113 Å². The fourth-order valence-corrected chi connectivity index (χ4v) is 3.72. The van der Waals surface area contributed by atoms with Gasteiger partial charge >= 0.3 is 0 Å². The molecule has 0 bridgehead atoms. The molecule has 4 rings (SSSR count). The van der Waals surface area contributed by atoms with Crippen LogP contribution in [-0.4, -0.2) is 52.3 Å². The Kier molecular flexibility index (Phi) is 6.31. The summed E-state index contributed by atoms with van der Waals surface area (Å²) in [5.41, 5.74) is 3.71. The highest BCUT2D eigenvalue weighted by Crippen LogP contribution is 2.22. The fraction of sp³-hybridized carbons (Fsp3) is 0.500. The maximum absolute atomic E-state index is 10.8. The standard InChI is InChI=1S/C20H26N8O2/c29-28(30)17-9-7-16(8-10-17)15-21-25-18-22-19(26-11-3-1-4-12-26)24-20(23-18)27-13-5-2-6-14-27/h7-10,15H,1-6,11-14H2,(H,22,23,24,25). The van der Waals surface area contributed by atoms with E-state index in [-0.39, 0.29) is 5.69 Å². The quantitative estimate of drug-likeness (QED) is 0.439. The monoisotopic (exact) mass is 410 g/mol. The van der Waals surface area contributed by atoms with Gasteiger partial charge in [0.15, 0.2) is 0 Å². The third-order valence-electron chi connectivity index (χ3n) is 5.37. The predicted octanol–water partition coefficient (Wildman–Crippen LogP) is 3.21. The van der Waals surface area contributed by atoms with Gasteiger partial charge in [0.1, 0.15) is 0 Å². The summed E-state index contributed by atoms with van der Waals surface area (Å²) in [7, 11) is 0. The lowest BCUT2D eigenvalue weighted by molar-refractivity contribution is -0.384.